The standard InChI is InChI=1S/C12H17N3S/c1-4-15-8-10(7-14-15)12(13-3)11-6-5-9(2)16-11/h5-8,12-13H,4H2,1-3H3. The number of rotatable bonds is 4. The molecule has 86 valence electrons. The van der Waals surface area contributed by atoms with E-state index in [9.17, 15) is 0 Å². The normalized spacial score (nSPS) is 12.9. The number of aryl methyl sites for hydroxylation is 2. The molecule has 0 radical (unpaired) electrons. The lowest BCUT2D eigenvalue weighted by molar-refractivity contribution is 0.655. The van der Waals surface area contributed by atoms with Gasteiger partial charge in [0.25, 0.3) is 0 Å². The zero-order valence-corrected chi connectivity index (χ0v) is 10.7. The van der Waals surface area contributed by atoms with E-state index in [2.05, 4.69) is 42.6 Å². The molecule has 4 heteroatoms. The molecule has 2 heterocycles. The van der Waals surface area contributed by atoms with Gasteiger partial charge in [0.1, 0.15) is 0 Å². The van der Waals surface area contributed by atoms with Gasteiger partial charge in [-0.25, -0.2) is 0 Å². The monoisotopic (exact) mass is 235 g/mol. The highest BCUT2D eigenvalue weighted by Crippen LogP contribution is 2.27. The molecule has 0 aliphatic rings. The van der Waals surface area contributed by atoms with Gasteiger partial charge < -0.3 is 5.32 Å². The molecule has 0 aliphatic carbocycles. The van der Waals surface area contributed by atoms with Gasteiger partial charge in [0.15, 0.2) is 0 Å². The van der Waals surface area contributed by atoms with Crippen molar-refractivity contribution >= 4 is 11.3 Å². The average molecular weight is 235 g/mol. The third-order valence-electron chi connectivity index (χ3n) is 2.64. The topological polar surface area (TPSA) is 29.9 Å². The fourth-order valence-electron chi connectivity index (χ4n) is 1.78. The predicted octanol–water partition coefficient (Wildman–Crippen LogP) is 2.58. The largest absolute Gasteiger partial charge is 0.309 e. The molecule has 16 heavy (non-hydrogen) atoms. The number of hydrogen-bond donors (Lipinski definition) is 1. The van der Waals surface area contributed by atoms with E-state index in [1.54, 1.807) is 0 Å². The molecular formula is C12H17N3S. The molecular weight excluding hydrogens is 218 g/mol. The first-order chi connectivity index (χ1) is 7.74. The van der Waals surface area contributed by atoms with Crippen LogP contribution in [0.3, 0.4) is 0 Å². The second-order valence-corrected chi connectivity index (χ2v) is 5.12. The van der Waals surface area contributed by atoms with Crippen molar-refractivity contribution in [3.05, 3.63) is 39.8 Å². The highest BCUT2D eigenvalue weighted by atomic mass is 32.1. The van der Waals surface area contributed by atoms with Crippen molar-refractivity contribution < 1.29 is 0 Å². The fraction of sp³-hybridized carbons (Fsp3) is 0.417. The fourth-order valence-corrected chi connectivity index (χ4v) is 2.80. The van der Waals surface area contributed by atoms with Crippen molar-refractivity contribution in [1.82, 2.24) is 15.1 Å². The van der Waals surface area contributed by atoms with Crippen molar-refractivity contribution in [3.63, 3.8) is 0 Å². The Labute approximate surface area is 100 Å². The molecule has 1 unspecified atom stereocenters. The lowest BCUT2D eigenvalue weighted by Crippen LogP contribution is -2.15. The van der Waals surface area contributed by atoms with E-state index in [-0.39, 0.29) is 6.04 Å². The minimum Gasteiger partial charge on any atom is -0.309 e. The maximum absolute atomic E-state index is 4.32. The lowest BCUT2D eigenvalue weighted by Gasteiger charge is -2.11. The second-order valence-electron chi connectivity index (χ2n) is 3.80. The minimum atomic E-state index is 0.263. The van der Waals surface area contributed by atoms with Crippen LogP contribution in [0.25, 0.3) is 0 Å². The summed E-state index contributed by atoms with van der Waals surface area (Å²) in [5, 5.41) is 7.66. The number of nitrogens with zero attached hydrogens (tertiary/aromatic N) is 2. The van der Waals surface area contributed by atoms with Crippen LogP contribution >= 0.6 is 11.3 Å². The van der Waals surface area contributed by atoms with E-state index < -0.39 is 0 Å². The van der Waals surface area contributed by atoms with Gasteiger partial charge in [-0.1, -0.05) is 0 Å². The van der Waals surface area contributed by atoms with Crippen molar-refractivity contribution in [1.29, 1.82) is 0 Å². The van der Waals surface area contributed by atoms with Crippen molar-refractivity contribution in [2.24, 2.45) is 0 Å². The summed E-state index contributed by atoms with van der Waals surface area (Å²) in [7, 11) is 1.99. The first-order valence-electron chi connectivity index (χ1n) is 5.50. The quantitative estimate of drug-likeness (QED) is 0.882. The molecule has 0 amide bonds. The number of aromatic nitrogens is 2. The van der Waals surface area contributed by atoms with Crippen LogP contribution in [0.5, 0.6) is 0 Å². The molecule has 0 saturated heterocycles. The first kappa shape index (κ1) is 11.4. The third-order valence-corrected chi connectivity index (χ3v) is 3.71. The van der Waals surface area contributed by atoms with Crippen molar-refractivity contribution in [2.45, 2.75) is 26.4 Å². The molecule has 0 bridgehead atoms. The molecule has 0 aromatic carbocycles. The maximum Gasteiger partial charge on any atom is 0.0699 e. The van der Waals surface area contributed by atoms with Gasteiger partial charge in [0.2, 0.25) is 0 Å². The Balaban J connectivity index is 2.28. The van der Waals surface area contributed by atoms with Gasteiger partial charge in [-0.05, 0) is 33.0 Å². The van der Waals surface area contributed by atoms with Crippen LogP contribution in [0.1, 0.15) is 28.3 Å². The highest BCUT2D eigenvalue weighted by molar-refractivity contribution is 7.12. The van der Waals surface area contributed by atoms with Gasteiger partial charge >= 0.3 is 0 Å². The zero-order valence-electron chi connectivity index (χ0n) is 9.90. The molecule has 0 aliphatic heterocycles. The number of thiophene rings is 1. The van der Waals surface area contributed by atoms with E-state index >= 15 is 0 Å². The van der Waals surface area contributed by atoms with Crippen LogP contribution in [-0.2, 0) is 6.54 Å². The summed E-state index contributed by atoms with van der Waals surface area (Å²) in [5.74, 6) is 0. The number of nitrogens with one attached hydrogen (secondary N) is 1. The smallest absolute Gasteiger partial charge is 0.0699 e. The Morgan fingerprint density at radius 3 is 2.81 bits per heavy atom. The summed E-state index contributed by atoms with van der Waals surface area (Å²) in [6.07, 6.45) is 4.05. The van der Waals surface area contributed by atoms with Crippen LogP contribution in [0, 0.1) is 6.92 Å². The van der Waals surface area contributed by atoms with Crippen LogP contribution in [-0.4, -0.2) is 16.8 Å². The van der Waals surface area contributed by atoms with E-state index in [1.807, 2.05) is 29.3 Å². The molecule has 2 aromatic heterocycles. The second kappa shape index (κ2) is 4.80. The lowest BCUT2D eigenvalue weighted by atomic mass is 10.1. The number of hydrogen-bond acceptors (Lipinski definition) is 3. The molecule has 1 N–H and O–H groups in total. The summed E-state index contributed by atoms with van der Waals surface area (Å²) in [4.78, 5) is 2.69. The van der Waals surface area contributed by atoms with Gasteiger partial charge in [-0.15, -0.1) is 11.3 Å². The molecule has 2 aromatic rings. The van der Waals surface area contributed by atoms with E-state index in [1.165, 1.54) is 15.3 Å². The maximum atomic E-state index is 4.32. The van der Waals surface area contributed by atoms with Gasteiger partial charge in [-0.2, -0.15) is 5.10 Å². The summed E-state index contributed by atoms with van der Waals surface area (Å²) in [6.45, 7) is 5.15. The summed E-state index contributed by atoms with van der Waals surface area (Å²) >= 11 is 1.83. The van der Waals surface area contributed by atoms with Crippen LogP contribution in [0.2, 0.25) is 0 Å². The average Bonchev–Trinajstić information content (AvgIpc) is 2.89. The van der Waals surface area contributed by atoms with E-state index in [4.69, 9.17) is 0 Å². The summed E-state index contributed by atoms with van der Waals surface area (Å²) in [6, 6.07) is 4.61. The summed E-state index contributed by atoms with van der Waals surface area (Å²) in [5.41, 5.74) is 1.23. The van der Waals surface area contributed by atoms with Gasteiger partial charge in [0, 0.05) is 28.1 Å². The van der Waals surface area contributed by atoms with E-state index in [0.717, 1.165) is 6.54 Å². The van der Waals surface area contributed by atoms with Gasteiger partial charge in [0.05, 0.1) is 12.2 Å². The van der Waals surface area contributed by atoms with Crippen molar-refractivity contribution in [2.75, 3.05) is 7.05 Å². The highest BCUT2D eigenvalue weighted by Gasteiger charge is 2.15. The van der Waals surface area contributed by atoms with Crippen molar-refractivity contribution in [3.8, 4) is 0 Å². The Morgan fingerprint density at radius 1 is 1.50 bits per heavy atom. The molecule has 0 spiro atoms. The molecule has 3 nitrogen and oxygen atoms in total. The Bertz CT molecular complexity index is 458. The molecule has 0 saturated carbocycles. The van der Waals surface area contributed by atoms with Crippen LogP contribution in [0.15, 0.2) is 24.5 Å². The summed E-state index contributed by atoms with van der Waals surface area (Å²) < 4.78 is 1.96. The minimum absolute atomic E-state index is 0.263. The SMILES string of the molecule is CCn1cc(C(NC)c2ccc(C)s2)cn1. The first-order valence-corrected chi connectivity index (χ1v) is 6.32. The zero-order chi connectivity index (χ0) is 11.5. The van der Waals surface area contributed by atoms with E-state index in [0.29, 0.717) is 0 Å². The molecule has 0 fully saturated rings. The molecule has 1 atom stereocenters. The third kappa shape index (κ3) is 2.18. The van der Waals surface area contributed by atoms with Crippen LogP contribution < -0.4 is 5.32 Å². The van der Waals surface area contributed by atoms with Gasteiger partial charge in [-0.3, -0.25) is 4.68 Å². The van der Waals surface area contributed by atoms with Crippen LogP contribution in [0.4, 0.5) is 0 Å². The Kier molecular flexibility index (Phi) is 3.41. The molecule has 2 rings (SSSR count). The predicted molar refractivity (Wildman–Crippen MR) is 67.9 cm³/mol. The Hall–Kier alpha value is -1.13. The Morgan fingerprint density at radius 2 is 2.31 bits per heavy atom.